The van der Waals surface area contributed by atoms with E-state index < -0.39 is 0 Å². The molecule has 25 heavy (non-hydrogen) atoms. The van der Waals surface area contributed by atoms with Gasteiger partial charge in [0, 0.05) is 30.6 Å². The van der Waals surface area contributed by atoms with Crippen molar-refractivity contribution in [2.45, 2.75) is 18.8 Å². The van der Waals surface area contributed by atoms with E-state index in [1.807, 2.05) is 18.3 Å². The number of fused-ring (bicyclic) bond motifs is 1. The highest BCUT2D eigenvalue weighted by atomic mass is 35.5. The predicted octanol–water partition coefficient (Wildman–Crippen LogP) is 4.38. The van der Waals surface area contributed by atoms with Gasteiger partial charge in [-0.2, -0.15) is 0 Å². The van der Waals surface area contributed by atoms with Crippen molar-refractivity contribution in [3.05, 3.63) is 70.9 Å². The molecule has 0 amide bonds. The minimum Gasteiger partial charge on any atom is -0.369 e. The summed E-state index contributed by atoms with van der Waals surface area (Å²) in [6, 6.07) is 16.8. The lowest BCUT2D eigenvalue weighted by Crippen LogP contribution is -2.22. The van der Waals surface area contributed by atoms with Crippen LogP contribution in [0, 0.1) is 0 Å². The molecule has 0 saturated carbocycles. The Morgan fingerprint density at radius 1 is 1.16 bits per heavy atom. The highest BCUT2D eigenvalue weighted by molar-refractivity contribution is 6.36. The molecule has 2 heterocycles. The Morgan fingerprint density at radius 2 is 2.00 bits per heavy atom. The van der Waals surface area contributed by atoms with E-state index in [4.69, 9.17) is 17.3 Å². The zero-order valence-electron chi connectivity index (χ0n) is 14.2. The summed E-state index contributed by atoms with van der Waals surface area (Å²) in [5.41, 5.74) is 10.7. The molecule has 1 aliphatic heterocycles. The molecule has 0 spiro atoms. The van der Waals surface area contributed by atoms with Crippen molar-refractivity contribution in [3.8, 4) is 0 Å². The third-order valence-electron chi connectivity index (χ3n) is 5.08. The molecule has 4 rings (SSSR count). The molecule has 1 atom stereocenters. The largest absolute Gasteiger partial charge is 0.369 e. The van der Waals surface area contributed by atoms with E-state index in [-0.39, 0.29) is 0 Å². The Labute approximate surface area is 153 Å². The molecule has 3 nitrogen and oxygen atoms in total. The van der Waals surface area contributed by atoms with Gasteiger partial charge in [0.05, 0.1) is 16.2 Å². The van der Waals surface area contributed by atoms with E-state index >= 15 is 0 Å². The van der Waals surface area contributed by atoms with Gasteiger partial charge >= 0.3 is 0 Å². The summed E-state index contributed by atoms with van der Waals surface area (Å²) >= 11 is 6.50. The van der Waals surface area contributed by atoms with Crippen molar-refractivity contribution in [1.82, 2.24) is 4.98 Å². The van der Waals surface area contributed by atoms with Crippen LogP contribution in [0.4, 0.5) is 5.69 Å². The van der Waals surface area contributed by atoms with Crippen LogP contribution in [0.1, 0.15) is 23.5 Å². The van der Waals surface area contributed by atoms with Gasteiger partial charge in [0.1, 0.15) is 0 Å². The molecule has 0 radical (unpaired) electrons. The Balaban J connectivity index is 1.76. The number of pyridine rings is 1. The molecule has 1 aromatic heterocycles. The molecule has 2 aromatic carbocycles. The molecule has 1 unspecified atom stereocenters. The van der Waals surface area contributed by atoms with E-state index in [2.05, 4.69) is 46.3 Å². The normalized spacial score (nSPS) is 17.4. The van der Waals surface area contributed by atoms with E-state index in [0.29, 0.717) is 12.5 Å². The number of benzene rings is 2. The van der Waals surface area contributed by atoms with Crippen LogP contribution in [0.5, 0.6) is 0 Å². The van der Waals surface area contributed by atoms with E-state index in [1.54, 1.807) is 0 Å². The van der Waals surface area contributed by atoms with Crippen molar-refractivity contribution >= 4 is 28.2 Å². The van der Waals surface area contributed by atoms with Crippen molar-refractivity contribution in [1.29, 1.82) is 0 Å². The second-order valence-electron chi connectivity index (χ2n) is 6.65. The number of rotatable bonds is 4. The maximum absolute atomic E-state index is 6.50. The Kier molecular flexibility index (Phi) is 4.60. The average Bonchev–Trinajstić information content (AvgIpc) is 3.13. The number of anilines is 1. The number of halogens is 1. The van der Waals surface area contributed by atoms with Crippen LogP contribution in [-0.2, 0) is 6.42 Å². The molecule has 2 N–H and O–H groups in total. The topological polar surface area (TPSA) is 42.1 Å². The van der Waals surface area contributed by atoms with Gasteiger partial charge in [-0.25, -0.2) is 0 Å². The quantitative estimate of drug-likeness (QED) is 0.758. The lowest BCUT2D eigenvalue weighted by atomic mass is 9.98. The van der Waals surface area contributed by atoms with Gasteiger partial charge in [-0.05, 0) is 48.7 Å². The van der Waals surface area contributed by atoms with Crippen LogP contribution in [-0.4, -0.2) is 24.6 Å². The number of hydrogen-bond acceptors (Lipinski definition) is 3. The SMILES string of the molecule is NCCc1cc(Cl)c2cccnc2c1N1CCC(c2ccccc2)C1. The van der Waals surface area contributed by atoms with E-state index in [0.717, 1.165) is 41.9 Å². The first kappa shape index (κ1) is 16.4. The Morgan fingerprint density at radius 3 is 2.80 bits per heavy atom. The Bertz CT molecular complexity index is 879. The van der Waals surface area contributed by atoms with E-state index in [9.17, 15) is 0 Å². The second kappa shape index (κ2) is 7.03. The maximum atomic E-state index is 6.50. The van der Waals surface area contributed by atoms with Crippen LogP contribution in [0.15, 0.2) is 54.7 Å². The summed E-state index contributed by atoms with van der Waals surface area (Å²) < 4.78 is 0. The zero-order chi connectivity index (χ0) is 17.2. The second-order valence-corrected chi connectivity index (χ2v) is 7.05. The van der Waals surface area contributed by atoms with Gasteiger partial charge in [0.25, 0.3) is 0 Å². The van der Waals surface area contributed by atoms with Gasteiger partial charge in [0.15, 0.2) is 0 Å². The van der Waals surface area contributed by atoms with Gasteiger partial charge in [-0.1, -0.05) is 41.9 Å². The van der Waals surface area contributed by atoms with Crippen molar-refractivity contribution in [3.63, 3.8) is 0 Å². The zero-order valence-corrected chi connectivity index (χ0v) is 14.9. The summed E-state index contributed by atoms with van der Waals surface area (Å²) in [4.78, 5) is 7.13. The van der Waals surface area contributed by atoms with Crippen LogP contribution in [0.2, 0.25) is 5.02 Å². The summed E-state index contributed by atoms with van der Waals surface area (Å²) in [6.07, 6.45) is 3.82. The number of nitrogens with two attached hydrogens (primary N) is 1. The highest BCUT2D eigenvalue weighted by Gasteiger charge is 2.27. The molecule has 0 aliphatic carbocycles. The summed E-state index contributed by atoms with van der Waals surface area (Å²) in [5, 5.41) is 1.78. The number of hydrogen-bond donors (Lipinski definition) is 1. The van der Waals surface area contributed by atoms with Crippen LogP contribution < -0.4 is 10.6 Å². The number of nitrogens with zero attached hydrogens (tertiary/aromatic N) is 2. The molecule has 3 aromatic rings. The van der Waals surface area contributed by atoms with Crippen molar-refractivity contribution in [2.24, 2.45) is 5.73 Å². The first-order valence-corrected chi connectivity index (χ1v) is 9.22. The van der Waals surface area contributed by atoms with Crippen LogP contribution >= 0.6 is 11.6 Å². The Hall–Kier alpha value is -2.10. The summed E-state index contributed by atoms with van der Waals surface area (Å²) in [6.45, 7) is 2.65. The highest BCUT2D eigenvalue weighted by Crippen LogP contribution is 2.39. The monoisotopic (exact) mass is 351 g/mol. The van der Waals surface area contributed by atoms with Gasteiger partial charge in [0.2, 0.25) is 0 Å². The first-order chi connectivity index (χ1) is 12.3. The molecule has 1 saturated heterocycles. The van der Waals surface area contributed by atoms with Gasteiger partial charge < -0.3 is 10.6 Å². The van der Waals surface area contributed by atoms with Crippen LogP contribution in [0.3, 0.4) is 0 Å². The molecule has 1 fully saturated rings. The lowest BCUT2D eigenvalue weighted by molar-refractivity contribution is 0.775. The molecule has 0 bridgehead atoms. The standard InChI is InChI=1S/C21H22ClN3/c22-19-13-16(8-10-23)21(20-18(19)7-4-11-24-20)25-12-9-17(14-25)15-5-2-1-3-6-15/h1-7,11,13,17H,8-10,12,14,23H2. The lowest BCUT2D eigenvalue weighted by Gasteiger charge is -2.24. The van der Waals surface area contributed by atoms with Crippen molar-refractivity contribution < 1.29 is 0 Å². The average molecular weight is 352 g/mol. The van der Waals surface area contributed by atoms with E-state index in [1.165, 1.54) is 16.8 Å². The molecule has 128 valence electrons. The van der Waals surface area contributed by atoms with Crippen molar-refractivity contribution in [2.75, 3.05) is 24.5 Å². The van der Waals surface area contributed by atoms with Gasteiger partial charge in [-0.3, -0.25) is 4.98 Å². The maximum Gasteiger partial charge on any atom is 0.0953 e. The fourth-order valence-electron chi connectivity index (χ4n) is 3.90. The third-order valence-corrected chi connectivity index (χ3v) is 5.40. The fourth-order valence-corrected chi connectivity index (χ4v) is 4.18. The fraction of sp³-hybridized carbons (Fsp3) is 0.286. The van der Waals surface area contributed by atoms with Crippen LogP contribution in [0.25, 0.3) is 10.9 Å². The molecule has 1 aliphatic rings. The minimum atomic E-state index is 0.557. The first-order valence-electron chi connectivity index (χ1n) is 8.84. The summed E-state index contributed by atoms with van der Waals surface area (Å²) in [7, 11) is 0. The molecular formula is C21H22ClN3. The molecular weight excluding hydrogens is 330 g/mol. The van der Waals surface area contributed by atoms with Gasteiger partial charge in [-0.15, -0.1) is 0 Å². The predicted molar refractivity (Wildman–Crippen MR) is 106 cm³/mol. The molecule has 4 heteroatoms. The summed E-state index contributed by atoms with van der Waals surface area (Å²) in [5.74, 6) is 0.557. The third kappa shape index (κ3) is 3.10. The minimum absolute atomic E-state index is 0.557. The smallest absolute Gasteiger partial charge is 0.0953 e. The number of aromatic nitrogens is 1.